The van der Waals surface area contributed by atoms with Gasteiger partial charge in [-0.05, 0) is 66.9 Å². The molecule has 1 fully saturated rings. The average Bonchev–Trinajstić information content (AvgIpc) is 3.00. The lowest BCUT2D eigenvalue weighted by molar-refractivity contribution is 0.557. The maximum Gasteiger partial charge on any atom is 0.242 e. The fourth-order valence-electron chi connectivity index (χ4n) is 1.98. The highest BCUT2D eigenvalue weighted by molar-refractivity contribution is 9.10. The van der Waals surface area contributed by atoms with Crippen molar-refractivity contribution in [3.05, 3.63) is 27.7 Å². The van der Waals surface area contributed by atoms with E-state index in [4.69, 9.17) is 0 Å². The van der Waals surface area contributed by atoms with Crippen LogP contribution in [0.5, 0.6) is 0 Å². The van der Waals surface area contributed by atoms with E-state index in [1.165, 1.54) is 0 Å². The van der Waals surface area contributed by atoms with Gasteiger partial charge in [-0.1, -0.05) is 6.07 Å². The van der Waals surface area contributed by atoms with E-state index in [2.05, 4.69) is 26.0 Å². The molecule has 0 radical (unpaired) electrons. The van der Waals surface area contributed by atoms with E-state index in [0.29, 0.717) is 15.9 Å². The normalized spacial score (nSPS) is 17.5. The largest absolute Gasteiger partial charge is 0.316 e. The van der Waals surface area contributed by atoms with E-state index in [9.17, 15) is 8.42 Å². The third kappa shape index (κ3) is 3.37. The first-order chi connectivity index (χ1) is 8.77. The van der Waals surface area contributed by atoms with E-state index in [-0.39, 0.29) is 5.54 Å². The molecule has 106 valence electrons. The Labute approximate surface area is 123 Å². The van der Waals surface area contributed by atoms with Crippen molar-refractivity contribution in [3.63, 3.8) is 0 Å². The average molecular weight is 347 g/mol. The van der Waals surface area contributed by atoms with Gasteiger partial charge in [0.2, 0.25) is 10.0 Å². The van der Waals surface area contributed by atoms with Crippen molar-refractivity contribution in [1.82, 2.24) is 10.0 Å². The number of rotatable bonds is 5. The fraction of sp³-hybridized carbons (Fsp3) is 0.538. The SMILES string of the molecule is CNCc1cc(C)c(Br)c(S(=O)(=O)NC2(C)CC2)c1. The number of hydrogen-bond acceptors (Lipinski definition) is 3. The molecular weight excluding hydrogens is 328 g/mol. The Kier molecular flexibility index (Phi) is 4.07. The Bertz CT molecular complexity index is 595. The molecular formula is C13H19BrN2O2S. The summed E-state index contributed by atoms with van der Waals surface area (Å²) in [6, 6.07) is 3.71. The summed E-state index contributed by atoms with van der Waals surface area (Å²) in [4.78, 5) is 0.325. The van der Waals surface area contributed by atoms with Gasteiger partial charge >= 0.3 is 0 Å². The highest BCUT2D eigenvalue weighted by Gasteiger charge is 2.41. The lowest BCUT2D eigenvalue weighted by Gasteiger charge is -2.15. The molecule has 1 aromatic rings. The molecule has 0 unspecified atom stereocenters. The van der Waals surface area contributed by atoms with Crippen LogP contribution in [0.4, 0.5) is 0 Å². The van der Waals surface area contributed by atoms with Gasteiger partial charge < -0.3 is 5.32 Å². The highest BCUT2D eigenvalue weighted by atomic mass is 79.9. The molecule has 0 atom stereocenters. The molecule has 0 aromatic heterocycles. The first kappa shape index (κ1) is 15.0. The van der Waals surface area contributed by atoms with Gasteiger partial charge in [0.1, 0.15) is 0 Å². The molecule has 0 saturated heterocycles. The van der Waals surface area contributed by atoms with Crippen molar-refractivity contribution in [1.29, 1.82) is 0 Å². The summed E-state index contributed by atoms with van der Waals surface area (Å²) in [5.41, 5.74) is 1.63. The van der Waals surface area contributed by atoms with Crippen molar-refractivity contribution >= 4 is 26.0 Å². The zero-order chi connectivity index (χ0) is 14.3. The molecule has 2 rings (SSSR count). The lowest BCUT2D eigenvalue weighted by atomic mass is 10.1. The second kappa shape index (κ2) is 5.16. The highest BCUT2D eigenvalue weighted by Crippen LogP contribution is 2.37. The molecule has 2 N–H and O–H groups in total. The van der Waals surface area contributed by atoms with Gasteiger partial charge in [0.05, 0.1) is 4.90 Å². The Balaban J connectivity index is 2.42. The molecule has 19 heavy (non-hydrogen) atoms. The minimum Gasteiger partial charge on any atom is -0.316 e. The van der Waals surface area contributed by atoms with Crippen molar-refractivity contribution in [2.24, 2.45) is 0 Å². The molecule has 6 heteroatoms. The quantitative estimate of drug-likeness (QED) is 0.859. The number of halogens is 1. The summed E-state index contributed by atoms with van der Waals surface area (Å²) < 4.78 is 28.3. The van der Waals surface area contributed by atoms with Crippen LogP contribution in [0, 0.1) is 6.92 Å². The van der Waals surface area contributed by atoms with Crippen LogP contribution in [0.3, 0.4) is 0 Å². The number of nitrogens with one attached hydrogen (secondary N) is 2. The van der Waals surface area contributed by atoms with Crippen LogP contribution in [0.2, 0.25) is 0 Å². The van der Waals surface area contributed by atoms with Crippen LogP contribution in [0.15, 0.2) is 21.5 Å². The van der Waals surface area contributed by atoms with Gasteiger partial charge in [0.15, 0.2) is 0 Å². The summed E-state index contributed by atoms with van der Waals surface area (Å²) in [6.07, 6.45) is 1.80. The summed E-state index contributed by atoms with van der Waals surface area (Å²) in [7, 11) is -1.63. The van der Waals surface area contributed by atoms with Crippen LogP contribution >= 0.6 is 15.9 Å². The Morgan fingerprint density at radius 3 is 2.53 bits per heavy atom. The Hall–Kier alpha value is -0.430. The summed E-state index contributed by atoms with van der Waals surface area (Å²) in [6.45, 7) is 4.48. The fourth-order valence-corrected chi connectivity index (χ4v) is 4.51. The van der Waals surface area contributed by atoms with Gasteiger partial charge in [-0.25, -0.2) is 13.1 Å². The molecule has 0 amide bonds. The first-order valence-electron chi connectivity index (χ1n) is 6.25. The molecule has 4 nitrogen and oxygen atoms in total. The molecule has 1 aliphatic rings. The maximum absolute atomic E-state index is 12.5. The van der Waals surface area contributed by atoms with E-state index in [1.54, 1.807) is 6.07 Å². The second-order valence-corrected chi connectivity index (χ2v) is 7.87. The zero-order valence-electron chi connectivity index (χ0n) is 11.4. The minimum absolute atomic E-state index is 0.259. The van der Waals surface area contributed by atoms with E-state index < -0.39 is 10.0 Å². The van der Waals surface area contributed by atoms with Gasteiger partial charge in [-0.3, -0.25) is 0 Å². The van der Waals surface area contributed by atoms with Crippen molar-refractivity contribution < 1.29 is 8.42 Å². The Morgan fingerprint density at radius 1 is 1.37 bits per heavy atom. The van der Waals surface area contributed by atoms with E-state index >= 15 is 0 Å². The lowest BCUT2D eigenvalue weighted by Crippen LogP contribution is -2.34. The molecule has 0 heterocycles. The van der Waals surface area contributed by atoms with E-state index in [1.807, 2.05) is 27.0 Å². The molecule has 1 saturated carbocycles. The van der Waals surface area contributed by atoms with Crippen LogP contribution in [0.25, 0.3) is 0 Å². The summed E-state index contributed by atoms with van der Waals surface area (Å²) in [5, 5.41) is 3.04. The second-order valence-electron chi connectivity index (χ2n) is 5.42. The number of sulfonamides is 1. The van der Waals surface area contributed by atoms with Crippen molar-refractivity contribution in [3.8, 4) is 0 Å². The van der Waals surface area contributed by atoms with Crippen LogP contribution in [-0.2, 0) is 16.6 Å². The van der Waals surface area contributed by atoms with E-state index in [0.717, 1.165) is 24.0 Å². The Morgan fingerprint density at radius 2 is 2.00 bits per heavy atom. The van der Waals surface area contributed by atoms with Gasteiger partial charge in [-0.15, -0.1) is 0 Å². The smallest absolute Gasteiger partial charge is 0.242 e. The molecule has 0 aliphatic heterocycles. The number of aryl methyl sites for hydroxylation is 1. The van der Waals surface area contributed by atoms with Crippen LogP contribution < -0.4 is 10.0 Å². The first-order valence-corrected chi connectivity index (χ1v) is 8.53. The predicted octanol–water partition coefficient (Wildman–Crippen LogP) is 2.31. The molecule has 1 aliphatic carbocycles. The zero-order valence-corrected chi connectivity index (χ0v) is 13.8. The standard InChI is InChI=1S/C13H19BrN2O2S/c1-9-6-10(8-15-3)7-11(12(9)14)19(17,18)16-13(2)4-5-13/h6-7,15-16H,4-5,8H2,1-3H3. The third-order valence-electron chi connectivity index (χ3n) is 3.33. The third-order valence-corrected chi connectivity index (χ3v) is 6.31. The van der Waals surface area contributed by atoms with Gasteiger partial charge in [0.25, 0.3) is 0 Å². The van der Waals surface area contributed by atoms with Crippen LogP contribution in [0.1, 0.15) is 30.9 Å². The number of hydrogen-bond donors (Lipinski definition) is 2. The molecule has 0 bridgehead atoms. The van der Waals surface area contributed by atoms with Crippen molar-refractivity contribution in [2.75, 3.05) is 7.05 Å². The minimum atomic E-state index is -3.47. The van der Waals surface area contributed by atoms with Crippen LogP contribution in [-0.4, -0.2) is 21.0 Å². The number of benzene rings is 1. The summed E-state index contributed by atoms with van der Waals surface area (Å²) >= 11 is 3.39. The van der Waals surface area contributed by atoms with Gasteiger partial charge in [-0.2, -0.15) is 0 Å². The van der Waals surface area contributed by atoms with Gasteiger partial charge in [0, 0.05) is 16.6 Å². The molecule has 1 aromatic carbocycles. The molecule has 0 spiro atoms. The predicted molar refractivity (Wildman–Crippen MR) is 79.6 cm³/mol. The topological polar surface area (TPSA) is 58.2 Å². The monoisotopic (exact) mass is 346 g/mol. The maximum atomic E-state index is 12.5. The van der Waals surface area contributed by atoms with Crippen molar-refractivity contribution in [2.45, 2.75) is 43.7 Å². The summed E-state index contributed by atoms with van der Waals surface area (Å²) in [5.74, 6) is 0.